The van der Waals surface area contributed by atoms with Gasteiger partial charge in [-0.15, -0.1) is 0 Å². The molecule has 26 heavy (non-hydrogen) atoms. The molecule has 0 bridgehead atoms. The van der Waals surface area contributed by atoms with E-state index in [1.807, 2.05) is 33.8 Å². The summed E-state index contributed by atoms with van der Waals surface area (Å²) in [4.78, 5) is 19.3. The van der Waals surface area contributed by atoms with Gasteiger partial charge in [-0.25, -0.2) is 9.67 Å². The number of nitrogens with zero attached hydrogens (tertiary/aromatic N) is 4. The number of fused-ring (bicyclic) bond motifs is 1. The van der Waals surface area contributed by atoms with Crippen LogP contribution in [0.25, 0.3) is 11.0 Å². The van der Waals surface area contributed by atoms with Crippen molar-refractivity contribution in [3.8, 4) is 0 Å². The summed E-state index contributed by atoms with van der Waals surface area (Å²) in [6.07, 6.45) is 4.40. The third-order valence-electron chi connectivity index (χ3n) is 5.15. The quantitative estimate of drug-likeness (QED) is 0.784. The second-order valence-corrected chi connectivity index (χ2v) is 7.07. The first-order valence-corrected chi connectivity index (χ1v) is 9.02. The minimum atomic E-state index is 0.0265. The van der Waals surface area contributed by atoms with E-state index < -0.39 is 0 Å². The second-order valence-electron chi connectivity index (χ2n) is 7.07. The number of likely N-dealkylation sites (tertiary alicyclic amines) is 1. The molecule has 6 nitrogen and oxygen atoms in total. The Morgan fingerprint density at radius 1 is 1.27 bits per heavy atom. The van der Waals surface area contributed by atoms with Crippen LogP contribution >= 0.6 is 0 Å². The molecule has 2 unspecified atom stereocenters. The molecule has 2 aromatic heterocycles. The molecule has 1 amide bonds. The van der Waals surface area contributed by atoms with Crippen LogP contribution in [0, 0.1) is 5.92 Å². The first-order chi connectivity index (χ1) is 12.7. The Hall–Kier alpha value is -2.73. The zero-order valence-corrected chi connectivity index (χ0v) is 14.9. The first-order valence-electron chi connectivity index (χ1n) is 9.02. The third-order valence-corrected chi connectivity index (χ3v) is 5.15. The number of amides is 1. The number of carbonyl (C=O) groups is 1. The van der Waals surface area contributed by atoms with Gasteiger partial charge in [-0.2, -0.15) is 5.10 Å². The molecule has 1 fully saturated rings. The molecule has 3 aromatic rings. The van der Waals surface area contributed by atoms with Crippen LogP contribution in [0.15, 0.2) is 48.8 Å². The molecule has 1 saturated heterocycles. The van der Waals surface area contributed by atoms with Crippen molar-refractivity contribution in [3.63, 3.8) is 0 Å². The van der Waals surface area contributed by atoms with Crippen molar-refractivity contribution in [1.82, 2.24) is 19.7 Å². The van der Waals surface area contributed by atoms with E-state index in [0.717, 1.165) is 29.6 Å². The molecule has 0 spiro atoms. The zero-order valence-electron chi connectivity index (χ0n) is 14.9. The number of rotatable bonds is 4. The van der Waals surface area contributed by atoms with Gasteiger partial charge >= 0.3 is 0 Å². The lowest BCUT2D eigenvalue weighted by molar-refractivity contribution is 0.0743. The molecule has 4 rings (SSSR count). The lowest BCUT2D eigenvalue weighted by atomic mass is 10.1. The number of carbonyl (C=O) groups excluding carboxylic acids is 1. The fourth-order valence-electron chi connectivity index (χ4n) is 3.72. The Labute approximate surface area is 152 Å². The Kier molecular flexibility index (Phi) is 4.42. The highest BCUT2D eigenvalue weighted by Gasteiger charge is 2.32. The standard InChI is InChI=1S/C20H23N5O/c1-14-7-16(9-21)12-24(14)20(26)18-8-17-11-23-25(19(17)22-10-18)13-15-5-3-2-4-6-15/h2-6,8,10-11,14,16H,7,9,12-13,21H2,1H3. The van der Waals surface area contributed by atoms with Crippen molar-refractivity contribution in [1.29, 1.82) is 0 Å². The molecule has 3 heterocycles. The maximum Gasteiger partial charge on any atom is 0.255 e. The molecule has 0 aliphatic carbocycles. The van der Waals surface area contributed by atoms with Crippen molar-refractivity contribution in [2.24, 2.45) is 11.7 Å². The van der Waals surface area contributed by atoms with Crippen LogP contribution in [-0.4, -0.2) is 44.7 Å². The number of pyridine rings is 1. The second kappa shape index (κ2) is 6.88. The molecule has 134 valence electrons. The molecule has 2 atom stereocenters. The van der Waals surface area contributed by atoms with Crippen molar-refractivity contribution in [3.05, 3.63) is 59.9 Å². The van der Waals surface area contributed by atoms with Crippen LogP contribution in [0.5, 0.6) is 0 Å². The smallest absolute Gasteiger partial charge is 0.255 e. The highest BCUT2D eigenvalue weighted by molar-refractivity contribution is 5.97. The monoisotopic (exact) mass is 349 g/mol. The maximum absolute atomic E-state index is 12.9. The average Bonchev–Trinajstić information content (AvgIpc) is 3.25. The van der Waals surface area contributed by atoms with Crippen LogP contribution in [0.1, 0.15) is 29.3 Å². The van der Waals surface area contributed by atoms with Crippen LogP contribution < -0.4 is 5.73 Å². The summed E-state index contributed by atoms with van der Waals surface area (Å²) >= 11 is 0. The van der Waals surface area contributed by atoms with E-state index in [0.29, 0.717) is 24.6 Å². The minimum Gasteiger partial charge on any atom is -0.336 e. The molecule has 1 aliphatic rings. The Morgan fingerprint density at radius 2 is 2.08 bits per heavy atom. The number of hydrogen-bond acceptors (Lipinski definition) is 4. The van der Waals surface area contributed by atoms with E-state index in [9.17, 15) is 4.79 Å². The predicted octanol–water partition coefficient (Wildman–Crippen LogP) is 2.29. The van der Waals surface area contributed by atoms with Gasteiger partial charge < -0.3 is 10.6 Å². The van der Waals surface area contributed by atoms with E-state index in [4.69, 9.17) is 5.73 Å². The van der Waals surface area contributed by atoms with Crippen LogP contribution in [0.3, 0.4) is 0 Å². The average molecular weight is 349 g/mol. The van der Waals surface area contributed by atoms with Crippen LogP contribution in [0.4, 0.5) is 0 Å². The highest BCUT2D eigenvalue weighted by Crippen LogP contribution is 2.25. The molecule has 1 aliphatic heterocycles. The fraction of sp³-hybridized carbons (Fsp3) is 0.350. The number of aromatic nitrogens is 3. The van der Waals surface area contributed by atoms with E-state index in [-0.39, 0.29) is 11.9 Å². The van der Waals surface area contributed by atoms with Gasteiger partial charge in [0.05, 0.1) is 18.3 Å². The van der Waals surface area contributed by atoms with Gasteiger partial charge in [0.25, 0.3) is 5.91 Å². The normalized spacial score (nSPS) is 20.0. The highest BCUT2D eigenvalue weighted by atomic mass is 16.2. The topological polar surface area (TPSA) is 77.0 Å². The lowest BCUT2D eigenvalue weighted by Gasteiger charge is -2.21. The van der Waals surface area contributed by atoms with Gasteiger partial charge in [0.15, 0.2) is 5.65 Å². The third kappa shape index (κ3) is 3.08. The SMILES string of the molecule is CC1CC(CN)CN1C(=O)c1cnc2c(cnn2Cc2ccccc2)c1. The van der Waals surface area contributed by atoms with E-state index >= 15 is 0 Å². The van der Waals surface area contributed by atoms with Crippen molar-refractivity contribution in [2.45, 2.75) is 25.9 Å². The summed E-state index contributed by atoms with van der Waals surface area (Å²) in [5.74, 6) is 0.415. The summed E-state index contributed by atoms with van der Waals surface area (Å²) in [7, 11) is 0. The van der Waals surface area contributed by atoms with Gasteiger partial charge in [0.2, 0.25) is 0 Å². The lowest BCUT2D eigenvalue weighted by Crippen LogP contribution is -2.34. The first kappa shape index (κ1) is 16.7. The summed E-state index contributed by atoms with van der Waals surface area (Å²) in [6, 6.07) is 12.3. The zero-order chi connectivity index (χ0) is 18.1. The van der Waals surface area contributed by atoms with Gasteiger partial charge in [-0.05, 0) is 37.4 Å². The van der Waals surface area contributed by atoms with E-state index in [2.05, 4.69) is 29.1 Å². The van der Waals surface area contributed by atoms with Crippen molar-refractivity contribution in [2.75, 3.05) is 13.1 Å². The fourth-order valence-corrected chi connectivity index (χ4v) is 3.72. The number of nitrogens with two attached hydrogens (primary N) is 1. The molecule has 1 aromatic carbocycles. The van der Waals surface area contributed by atoms with Crippen molar-refractivity contribution < 1.29 is 4.79 Å². The molecule has 0 radical (unpaired) electrons. The molecule has 2 N–H and O–H groups in total. The molecule has 0 saturated carbocycles. The Bertz CT molecular complexity index is 920. The van der Waals surface area contributed by atoms with E-state index in [1.165, 1.54) is 0 Å². The van der Waals surface area contributed by atoms with Crippen molar-refractivity contribution >= 4 is 16.9 Å². The summed E-state index contributed by atoms with van der Waals surface area (Å²) in [5, 5.41) is 5.32. The summed E-state index contributed by atoms with van der Waals surface area (Å²) in [5.41, 5.74) is 8.34. The Balaban J connectivity index is 1.58. The summed E-state index contributed by atoms with van der Waals surface area (Å²) < 4.78 is 1.86. The maximum atomic E-state index is 12.9. The van der Waals surface area contributed by atoms with Crippen LogP contribution in [0.2, 0.25) is 0 Å². The Morgan fingerprint density at radius 3 is 2.81 bits per heavy atom. The minimum absolute atomic E-state index is 0.0265. The number of benzene rings is 1. The number of hydrogen-bond donors (Lipinski definition) is 1. The van der Waals surface area contributed by atoms with Gasteiger partial charge in [-0.3, -0.25) is 4.79 Å². The van der Waals surface area contributed by atoms with Gasteiger partial charge in [0, 0.05) is 24.2 Å². The molecular formula is C20H23N5O. The largest absolute Gasteiger partial charge is 0.336 e. The summed E-state index contributed by atoms with van der Waals surface area (Å²) in [6.45, 7) is 4.09. The molecule has 6 heteroatoms. The van der Waals surface area contributed by atoms with Gasteiger partial charge in [0.1, 0.15) is 0 Å². The van der Waals surface area contributed by atoms with Crippen LogP contribution in [-0.2, 0) is 6.54 Å². The molecular weight excluding hydrogens is 326 g/mol. The predicted molar refractivity (Wildman–Crippen MR) is 101 cm³/mol. The van der Waals surface area contributed by atoms with E-state index in [1.54, 1.807) is 12.4 Å². The van der Waals surface area contributed by atoms with Gasteiger partial charge in [-0.1, -0.05) is 30.3 Å².